The zero-order valence-corrected chi connectivity index (χ0v) is 18.7. The number of carbonyl (C=O) groups excluding carboxylic acids is 1. The maximum absolute atomic E-state index is 12.8. The van der Waals surface area contributed by atoms with Crippen LogP contribution in [0.15, 0.2) is 48.5 Å². The van der Waals surface area contributed by atoms with Crippen molar-refractivity contribution in [2.24, 2.45) is 0 Å². The summed E-state index contributed by atoms with van der Waals surface area (Å²) >= 11 is 1.41. The Morgan fingerprint density at radius 3 is 2.52 bits per heavy atom. The lowest BCUT2D eigenvalue weighted by molar-refractivity contribution is 0.0954. The average molecular weight is 438 g/mol. The molecule has 1 aliphatic rings. The van der Waals surface area contributed by atoms with Crippen LogP contribution in [0.25, 0.3) is 10.6 Å². The largest absolute Gasteiger partial charge is 0.494 e. The molecule has 0 aliphatic carbocycles. The lowest BCUT2D eigenvalue weighted by Crippen LogP contribution is -2.36. The summed E-state index contributed by atoms with van der Waals surface area (Å²) in [6.07, 6.45) is 0. The van der Waals surface area contributed by atoms with Crippen molar-refractivity contribution in [1.29, 1.82) is 0 Å². The maximum atomic E-state index is 12.8. The molecule has 1 aromatic heterocycles. The summed E-state index contributed by atoms with van der Waals surface area (Å²) in [5.74, 6) is 0.738. The first-order valence-corrected chi connectivity index (χ1v) is 11.4. The van der Waals surface area contributed by atoms with Crippen LogP contribution in [0.1, 0.15) is 27.9 Å². The van der Waals surface area contributed by atoms with Gasteiger partial charge in [-0.25, -0.2) is 4.98 Å². The molecule has 0 spiro atoms. The van der Waals surface area contributed by atoms with E-state index in [0.29, 0.717) is 18.0 Å². The van der Waals surface area contributed by atoms with Crippen LogP contribution in [0.3, 0.4) is 0 Å². The predicted octanol–water partition coefficient (Wildman–Crippen LogP) is 4.28. The molecule has 1 N–H and O–H groups in total. The van der Waals surface area contributed by atoms with E-state index in [9.17, 15) is 4.79 Å². The van der Waals surface area contributed by atoms with Crippen molar-refractivity contribution in [2.45, 2.75) is 20.4 Å². The molecule has 1 fully saturated rings. The SMILES string of the molecule is CCOc1ccc(-c2nc(C)c(C(=O)NCc3ccc(N4CCOCC4)cc3)s2)cc1. The quantitative estimate of drug-likeness (QED) is 0.598. The molecule has 0 saturated carbocycles. The van der Waals surface area contributed by atoms with Gasteiger partial charge in [0.1, 0.15) is 15.6 Å². The van der Waals surface area contributed by atoms with Gasteiger partial charge in [-0.1, -0.05) is 12.1 Å². The molecule has 162 valence electrons. The second-order valence-electron chi connectivity index (χ2n) is 7.34. The number of hydrogen-bond acceptors (Lipinski definition) is 6. The number of benzene rings is 2. The van der Waals surface area contributed by atoms with E-state index in [2.05, 4.69) is 39.5 Å². The molecule has 1 aliphatic heterocycles. The number of ether oxygens (including phenoxy) is 2. The molecule has 3 aromatic rings. The molecule has 2 aromatic carbocycles. The highest BCUT2D eigenvalue weighted by Crippen LogP contribution is 2.29. The zero-order valence-electron chi connectivity index (χ0n) is 17.9. The predicted molar refractivity (Wildman–Crippen MR) is 124 cm³/mol. The van der Waals surface area contributed by atoms with Gasteiger partial charge >= 0.3 is 0 Å². The number of morpholine rings is 1. The van der Waals surface area contributed by atoms with Crippen LogP contribution in [0, 0.1) is 6.92 Å². The van der Waals surface area contributed by atoms with E-state index >= 15 is 0 Å². The fraction of sp³-hybridized carbons (Fsp3) is 0.333. The third-order valence-corrected chi connectivity index (χ3v) is 6.39. The lowest BCUT2D eigenvalue weighted by Gasteiger charge is -2.28. The third-order valence-electron chi connectivity index (χ3n) is 5.18. The number of thiazole rings is 1. The van der Waals surface area contributed by atoms with Crippen molar-refractivity contribution < 1.29 is 14.3 Å². The second-order valence-corrected chi connectivity index (χ2v) is 8.34. The molecule has 0 bridgehead atoms. The highest BCUT2D eigenvalue weighted by Gasteiger charge is 2.16. The topological polar surface area (TPSA) is 63.7 Å². The normalized spacial score (nSPS) is 13.8. The Bertz CT molecular complexity index is 1010. The Balaban J connectivity index is 1.37. The first kappa shape index (κ1) is 21.3. The molecule has 1 amide bonds. The van der Waals surface area contributed by atoms with Gasteiger partial charge < -0.3 is 19.7 Å². The molecule has 7 heteroatoms. The van der Waals surface area contributed by atoms with Crippen molar-refractivity contribution in [3.8, 4) is 16.3 Å². The molecule has 1 saturated heterocycles. The Morgan fingerprint density at radius 1 is 1.13 bits per heavy atom. The number of rotatable bonds is 7. The number of aromatic nitrogens is 1. The average Bonchev–Trinajstić information content (AvgIpc) is 3.21. The van der Waals surface area contributed by atoms with E-state index in [4.69, 9.17) is 9.47 Å². The summed E-state index contributed by atoms with van der Waals surface area (Å²) in [6, 6.07) is 16.1. The van der Waals surface area contributed by atoms with Crippen LogP contribution in [-0.2, 0) is 11.3 Å². The van der Waals surface area contributed by atoms with Crippen LogP contribution in [-0.4, -0.2) is 43.8 Å². The van der Waals surface area contributed by atoms with E-state index in [1.165, 1.54) is 17.0 Å². The third kappa shape index (κ3) is 5.24. The smallest absolute Gasteiger partial charge is 0.263 e. The van der Waals surface area contributed by atoms with Gasteiger partial charge in [-0.05, 0) is 55.8 Å². The van der Waals surface area contributed by atoms with E-state index in [1.807, 2.05) is 38.1 Å². The summed E-state index contributed by atoms with van der Waals surface area (Å²) < 4.78 is 10.9. The van der Waals surface area contributed by atoms with Gasteiger partial charge in [0, 0.05) is 30.9 Å². The van der Waals surface area contributed by atoms with E-state index in [0.717, 1.165) is 53.9 Å². The monoisotopic (exact) mass is 437 g/mol. The Morgan fingerprint density at radius 2 is 1.84 bits per heavy atom. The molecule has 31 heavy (non-hydrogen) atoms. The number of aryl methyl sites for hydroxylation is 1. The van der Waals surface area contributed by atoms with Gasteiger partial charge in [0.25, 0.3) is 5.91 Å². The molecular weight excluding hydrogens is 410 g/mol. The van der Waals surface area contributed by atoms with Gasteiger partial charge in [0.2, 0.25) is 0 Å². The second kappa shape index (κ2) is 9.94. The molecule has 0 atom stereocenters. The fourth-order valence-electron chi connectivity index (χ4n) is 3.50. The van der Waals surface area contributed by atoms with Gasteiger partial charge in [-0.3, -0.25) is 4.79 Å². The van der Waals surface area contributed by atoms with Crippen LogP contribution in [0.5, 0.6) is 5.75 Å². The molecule has 2 heterocycles. The highest BCUT2D eigenvalue weighted by atomic mass is 32.1. The van der Waals surface area contributed by atoms with E-state index in [-0.39, 0.29) is 5.91 Å². The van der Waals surface area contributed by atoms with Crippen molar-refractivity contribution in [1.82, 2.24) is 10.3 Å². The summed E-state index contributed by atoms with van der Waals surface area (Å²) in [7, 11) is 0. The van der Waals surface area contributed by atoms with E-state index < -0.39 is 0 Å². The Kier molecular flexibility index (Phi) is 6.84. The molecular formula is C24H27N3O3S. The number of carbonyl (C=O) groups is 1. The fourth-order valence-corrected chi connectivity index (χ4v) is 4.49. The molecule has 4 rings (SSSR count). The zero-order chi connectivity index (χ0) is 21.6. The minimum absolute atomic E-state index is 0.0931. The van der Waals surface area contributed by atoms with Gasteiger partial charge in [-0.15, -0.1) is 11.3 Å². The summed E-state index contributed by atoms with van der Waals surface area (Å²) in [4.78, 5) is 20.3. The minimum atomic E-state index is -0.0931. The van der Waals surface area contributed by atoms with Gasteiger partial charge in [-0.2, -0.15) is 0 Å². The molecule has 6 nitrogen and oxygen atoms in total. The van der Waals surface area contributed by atoms with Crippen LogP contribution >= 0.6 is 11.3 Å². The number of nitrogens with zero attached hydrogens (tertiary/aromatic N) is 2. The highest BCUT2D eigenvalue weighted by molar-refractivity contribution is 7.17. The van der Waals surface area contributed by atoms with Crippen molar-refractivity contribution in [3.63, 3.8) is 0 Å². The Labute approximate surface area is 186 Å². The number of hydrogen-bond donors (Lipinski definition) is 1. The van der Waals surface area contributed by atoms with Crippen LogP contribution < -0.4 is 15.0 Å². The summed E-state index contributed by atoms with van der Waals surface area (Å²) in [5, 5.41) is 3.86. The van der Waals surface area contributed by atoms with Crippen molar-refractivity contribution >= 4 is 22.9 Å². The number of anilines is 1. The number of nitrogens with one attached hydrogen (secondary N) is 1. The molecule has 0 radical (unpaired) electrons. The van der Waals surface area contributed by atoms with Crippen LogP contribution in [0.4, 0.5) is 5.69 Å². The number of amides is 1. The van der Waals surface area contributed by atoms with E-state index in [1.54, 1.807) is 0 Å². The summed E-state index contributed by atoms with van der Waals surface area (Å²) in [6.45, 7) is 8.32. The van der Waals surface area contributed by atoms with Crippen molar-refractivity contribution in [3.05, 3.63) is 64.7 Å². The first-order chi connectivity index (χ1) is 15.1. The van der Waals surface area contributed by atoms with Gasteiger partial charge in [0.05, 0.1) is 25.5 Å². The Hall–Kier alpha value is -2.90. The standard InChI is InChI=1S/C24H27N3O3S/c1-3-30-21-10-6-19(7-11-21)24-26-17(2)22(31-24)23(28)25-16-18-4-8-20(9-5-18)27-12-14-29-15-13-27/h4-11H,3,12-16H2,1-2H3,(H,25,28). The molecule has 0 unspecified atom stereocenters. The minimum Gasteiger partial charge on any atom is -0.494 e. The lowest BCUT2D eigenvalue weighted by atomic mass is 10.2. The van der Waals surface area contributed by atoms with Gasteiger partial charge in [0.15, 0.2) is 0 Å². The van der Waals surface area contributed by atoms with Crippen molar-refractivity contribution in [2.75, 3.05) is 37.8 Å². The maximum Gasteiger partial charge on any atom is 0.263 e. The van der Waals surface area contributed by atoms with Crippen LogP contribution in [0.2, 0.25) is 0 Å². The summed E-state index contributed by atoms with van der Waals surface area (Å²) in [5.41, 5.74) is 3.99. The first-order valence-electron chi connectivity index (χ1n) is 10.5.